The van der Waals surface area contributed by atoms with Crippen LogP contribution >= 0.6 is 23.2 Å². The lowest BCUT2D eigenvalue weighted by Gasteiger charge is -2.05. The largest absolute Gasteiger partial charge is 0.323 e. The first-order chi connectivity index (χ1) is 11.0. The van der Waals surface area contributed by atoms with E-state index in [-0.39, 0.29) is 11.5 Å². The topological polar surface area (TPSA) is 79.8 Å². The monoisotopic (exact) mass is 348 g/mol. The number of hydrogen-bond acceptors (Lipinski definition) is 5. The van der Waals surface area contributed by atoms with Crippen molar-refractivity contribution in [1.82, 2.24) is 0 Å². The number of carbonyl (C=O) groups excluding carboxylic acids is 1. The Bertz CT molecular complexity index is 750. The van der Waals surface area contributed by atoms with Gasteiger partial charge in [0.2, 0.25) is 5.78 Å². The third-order valence-electron chi connectivity index (χ3n) is 2.91. The number of nitrogens with one attached hydrogen (secondary N) is 1. The van der Waals surface area contributed by atoms with Crippen LogP contribution in [0.1, 0.15) is 15.9 Å². The van der Waals surface area contributed by atoms with Crippen molar-refractivity contribution in [3.63, 3.8) is 0 Å². The predicted octanol–water partition coefficient (Wildman–Crippen LogP) is 3.90. The molecule has 0 aliphatic rings. The normalized spacial score (nSPS) is 11.7. The Morgan fingerprint density at radius 1 is 1.13 bits per heavy atom. The van der Waals surface area contributed by atoms with Gasteiger partial charge in [0.05, 0.1) is 11.9 Å². The highest BCUT2D eigenvalue weighted by molar-refractivity contribution is 6.64. The minimum absolute atomic E-state index is 0.0625. The average Bonchev–Trinajstić information content (AvgIpc) is 2.50. The summed E-state index contributed by atoms with van der Waals surface area (Å²) < 4.78 is 0. The van der Waals surface area contributed by atoms with Crippen molar-refractivity contribution in [2.45, 2.75) is 6.92 Å². The maximum atomic E-state index is 12.4. The van der Waals surface area contributed by atoms with Crippen molar-refractivity contribution in [2.75, 3.05) is 5.43 Å². The summed E-state index contributed by atoms with van der Waals surface area (Å²) in [5.74, 6) is 4.85. The number of anilines is 1. The van der Waals surface area contributed by atoms with Crippen molar-refractivity contribution >= 4 is 46.6 Å². The number of ketones is 1. The van der Waals surface area contributed by atoms with Gasteiger partial charge in [-0.15, -0.1) is 0 Å². The van der Waals surface area contributed by atoms with Crippen molar-refractivity contribution in [1.29, 1.82) is 0 Å². The molecule has 0 aliphatic carbocycles. The van der Waals surface area contributed by atoms with Gasteiger partial charge in [0, 0.05) is 15.6 Å². The van der Waals surface area contributed by atoms with E-state index in [0.29, 0.717) is 21.3 Å². The summed E-state index contributed by atoms with van der Waals surface area (Å²) in [5, 5.41) is 8.32. The van der Waals surface area contributed by atoms with Crippen molar-refractivity contribution < 1.29 is 4.79 Å². The molecule has 7 heteroatoms. The third-order valence-corrected chi connectivity index (χ3v) is 3.35. The van der Waals surface area contributed by atoms with Crippen molar-refractivity contribution in [2.24, 2.45) is 16.0 Å². The van der Waals surface area contributed by atoms with E-state index >= 15 is 0 Å². The number of Topliss-reactive ketones (excluding diaryl/α,β-unsaturated/α-hetero) is 1. The van der Waals surface area contributed by atoms with E-state index in [0.717, 1.165) is 5.56 Å². The van der Waals surface area contributed by atoms with Crippen molar-refractivity contribution in [3.05, 3.63) is 63.6 Å². The summed E-state index contributed by atoms with van der Waals surface area (Å²) in [6.07, 6.45) is 1.18. The van der Waals surface area contributed by atoms with E-state index < -0.39 is 0 Å². The number of hydrogen-bond donors (Lipinski definition) is 2. The molecule has 0 spiro atoms. The van der Waals surface area contributed by atoms with Crippen LogP contribution in [0.4, 0.5) is 5.69 Å². The number of hydrazone groups is 2. The lowest BCUT2D eigenvalue weighted by molar-refractivity contribution is 0.106. The van der Waals surface area contributed by atoms with Crippen LogP contribution in [-0.4, -0.2) is 17.7 Å². The number of benzene rings is 2. The molecule has 0 fully saturated rings. The van der Waals surface area contributed by atoms with Crippen LogP contribution in [0.3, 0.4) is 0 Å². The lowest BCUT2D eigenvalue weighted by Crippen LogP contribution is -2.18. The highest BCUT2D eigenvalue weighted by atomic mass is 35.5. The van der Waals surface area contributed by atoms with Gasteiger partial charge in [-0.2, -0.15) is 10.2 Å². The van der Waals surface area contributed by atoms with Crippen LogP contribution < -0.4 is 11.3 Å². The summed E-state index contributed by atoms with van der Waals surface area (Å²) in [5.41, 5.74) is 4.87. The summed E-state index contributed by atoms with van der Waals surface area (Å²) in [4.78, 5) is 12.4. The van der Waals surface area contributed by atoms with Crippen LogP contribution in [0.5, 0.6) is 0 Å². The van der Waals surface area contributed by atoms with E-state index in [1.165, 1.54) is 6.21 Å². The second kappa shape index (κ2) is 7.76. The number of halogens is 2. The summed E-state index contributed by atoms with van der Waals surface area (Å²) in [6, 6.07) is 12.0. The van der Waals surface area contributed by atoms with Crippen molar-refractivity contribution in [3.8, 4) is 0 Å². The zero-order chi connectivity index (χ0) is 16.8. The predicted molar refractivity (Wildman–Crippen MR) is 95.7 cm³/mol. The SMILES string of the molecule is Cc1ccc(C(=O)C(C=NN)=NNc2cc(Cl)cc(Cl)c2)cc1. The van der Waals surface area contributed by atoms with Gasteiger partial charge < -0.3 is 5.84 Å². The molecule has 2 aromatic carbocycles. The minimum atomic E-state index is -0.306. The smallest absolute Gasteiger partial charge is 0.214 e. The number of aryl methyl sites for hydroxylation is 1. The van der Waals surface area contributed by atoms with E-state index in [4.69, 9.17) is 29.0 Å². The average molecular weight is 349 g/mol. The third kappa shape index (κ3) is 4.81. The molecule has 5 nitrogen and oxygen atoms in total. The molecule has 3 N–H and O–H groups in total. The standard InChI is InChI=1S/C16H14Cl2N4O/c1-10-2-4-11(5-3-10)16(23)15(9-20-19)22-21-14-7-12(17)6-13(18)8-14/h2-9,21H,19H2,1H3. The van der Waals surface area contributed by atoms with Gasteiger partial charge in [-0.25, -0.2) is 0 Å². The molecule has 0 radical (unpaired) electrons. The quantitative estimate of drug-likeness (QED) is 0.372. The zero-order valence-electron chi connectivity index (χ0n) is 12.3. The molecule has 0 bridgehead atoms. The van der Waals surface area contributed by atoms with E-state index in [9.17, 15) is 4.79 Å². The van der Waals surface area contributed by atoms with E-state index in [1.807, 2.05) is 19.1 Å². The Balaban J connectivity index is 2.26. The molecule has 0 aromatic heterocycles. The van der Waals surface area contributed by atoms with Gasteiger partial charge in [-0.05, 0) is 25.1 Å². The summed E-state index contributed by atoms with van der Waals surface area (Å²) in [6.45, 7) is 1.94. The van der Waals surface area contributed by atoms with Gasteiger partial charge in [0.25, 0.3) is 0 Å². The first-order valence-electron chi connectivity index (χ1n) is 6.64. The minimum Gasteiger partial charge on any atom is -0.323 e. The molecule has 2 rings (SSSR count). The molecular formula is C16H14Cl2N4O. The van der Waals surface area contributed by atoms with Gasteiger partial charge in [-0.3, -0.25) is 10.2 Å². The van der Waals surface area contributed by atoms with Crippen LogP contribution in [0.25, 0.3) is 0 Å². The molecule has 2 aromatic rings. The van der Waals surface area contributed by atoms with Crippen LogP contribution in [0, 0.1) is 6.92 Å². The molecule has 0 saturated heterocycles. The fourth-order valence-electron chi connectivity index (χ4n) is 1.80. The highest BCUT2D eigenvalue weighted by Crippen LogP contribution is 2.22. The second-order valence-electron chi connectivity index (χ2n) is 4.74. The molecule has 0 amide bonds. The van der Waals surface area contributed by atoms with Crippen LogP contribution in [0.15, 0.2) is 52.7 Å². The Labute approximate surface area is 143 Å². The summed E-state index contributed by atoms with van der Waals surface area (Å²) in [7, 11) is 0. The van der Waals surface area contributed by atoms with E-state index in [2.05, 4.69) is 15.6 Å². The maximum absolute atomic E-state index is 12.4. The maximum Gasteiger partial charge on any atom is 0.214 e. The zero-order valence-corrected chi connectivity index (χ0v) is 13.8. The Kier molecular flexibility index (Phi) is 5.73. The fourth-order valence-corrected chi connectivity index (χ4v) is 2.33. The highest BCUT2D eigenvalue weighted by Gasteiger charge is 2.12. The van der Waals surface area contributed by atoms with Crippen LogP contribution in [0.2, 0.25) is 10.0 Å². The Morgan fingerprint density at radius 2 is 1.74 bits per heavy atom. The first kappa shape index (κ1) is 17.0. The lowest BCUT2D eigenvalue weighted by atomic mass is 10.1. The molecule has 0 unspecified atom stereocenters. The molecule has 0 atom stereocenters. The van der Waals surface area contributed by atoms with Gasteiger partial charge in [0.1, 0.15) is 0 Å². The number of nitrogens with two attached hydrogens (primary N) is 1. The summed E-state index contributed by atoms with van der Waals surface area (Å²) >= 11 is 11.8. The number of nitrogens with zero attached hydrogens (tertiary/aromatic N) is 2. The van der Waals surface area contributed by atoms with Gasteiger partial charge in [0.15, 0.2) is 5.71 Å². The molecule has 118 valence electrons. The number of rotatable bonds is 5. The fraction of sp³-hybridized carbons (Fsp3) is 0.0625. The Morgan fingerprint density at radius 3 is 2.30 bits per heavy atom. The molecule has 23 heavy (non-hydrogen) atoms. The molecule has 0 saturated carbocycles. The Hall–Kier alpha value is -2.37. The van der Waals surface area contributed by atoms with Gasteiger partial charge >= 0.3 is 0 Å². The molecule has 0 aliphatic heterocycles. The van der Waals surface area contributed by atoms with Crippen LogP contribution in [-0.2, 0) is 0 Å². The second-order valence-corrected chi connectivity index (χ2v) is 5.61. The molecular weight excluding hydrogens is 335 g/mol. The first-order valence-corrected chi connectivity index (χ1v) is 7.39. The number of carbonyl (C=O) groups is 1. The van der Waals surface area contributed by atoms with E-state index in [1.54, 1.807) is 30.3 Å². The molecule has 0 heterocycles. The van der Waals surface area contributed by atoms with Gasteiger partial charge in [-0.1, -0.05) is 53.0 Å².